The van der Waals surface area contributed by atoms with Crippen LogP contribution in [0.15, 0.2) is 0 Å². The number of ether oxygens (including phenoxy) is 1. The van der Waals surface area contributed by atoms with Gasteiger partial charge in [-0.1, -0.05) is 0 Å². The Balaban J connectivity index is 2.21. The molecular weight excluding hydrogens is 402 g/mol. The highest BCUT2D eigenvalue weighted by molar-refractivity contribution is 8.00. The van der Waals surface area contributed by atoms with E-state index in [1.165, 1.54) is 0 Å². The number of hydrogen-bond acceptors (Lipinski definition) is 12. The Morgan fingerprint density at radius 1 is 1.11 bits per heavy atom. The molecule has 0 saturated carbocycles. The number of carbonyl (C=O) groups is 1. The van der Waals surface area contributed by atoms with E-state index >= 15 is 0 Å². The molecule has 2 rings (SSSR count). The van der Waals surface area contributed by atoms with Gasteiger partial charge in [0.2, 0.25) is 0 Å². The van der Waals surface area contributed by atoms with Crippen molar-refractivity contribution < 1.29 is 55.5 Å². The molecule has 2 heterocycles. The molecule has 164 valence electrons. The molecule has 2 fully saturated rings. The first-order valence-corrected chi connectivity index (χ1v) is 9.74. The smallest absolute Gasteiger partial charge is 0.321 e. The molecule has 13 heteroatoms. The Morgan fingerprint density at radius 2 is 1.75 bits per heavy atom. The summed E-state index contributed by atoms with van der Waals surface area (Å²) in [4.78, 5) is 11.0. The normalized spacial score (nSPS) is 40.6. The van der Waals surface area contributed by atoms with Gasteiger partial charge < -0.3 is 50.7 Å². The Labute approximate surface area is 164 Å². The van der Waals surface area contributed by atoms with E-state index in [1.54, 1.807) is 0 Å². The average molecular weight is 429 g/mol. The van der Waals surface area contributed by atoms with Crippen LogP contribution in [0.1, 0.15) is 0 Å². The van der Waals surface area contributed by atoms with Crippen LogP contribution in [0.4, 0.5) is 0 Å². The fraction of sp³-hybridized carbons (Fsp3) is 0.933. The lowest BCUT2D eigenvalue weighted by atomic mass is 9.80. The van der Waals surface area contributed by atoms with Crippen LogP contribution < -0.4 is 5.32 Å². The number of nitrogens with one attached hydrogen (secondary N) is 1. The molecular formula is C15H27NO11S. The van der Waals surface area contributed by atoms with Crippen LogP contribution in [0.2, 0.25) is 0 Å². The molecule has 0 amide bonds. The van der Waals surface area contributed by atoms with Gasteiger partial charge >= 0.3 is 5.97 Å². The van der Waals surface area contributed by atoms with E-state index in [4.69, 9.17) is 9.84 Å². The molecule has 10 N–H and O–H groups in total. The summed E-state index contributed by atoms with van der Waals surface area (Å²) >= 11 is 1.03. The second-order valence-electron chi connectivity index (χ2n) is 6.91. The minimum atomic E-state index is -1.82. The number of carboxylic acid groups (broad SMARTS) is 1. The summed E-state index contributed by atoms with van der Waals surface area (Å²) in [5, 5.41) is 90.6. The molecule has 11 atom stereocenters. The lowest BCUT2D eigenvalue weighted by Crippen LogP contribution is -2.64. The van der Waals surface area contributed by atoms with E-state index in [9.17, 15) is 45.6 Å². The molecule has 0 aromatic carbocycles. The van der Waals surface area contributed by atoms with Gasteiger partial charge in [0.15, 0.2) is 0 Å². The van der Waals surface area contributed by atoms with Crippen molar-refractivity contribution in [2.45, 2.75) is 60.2 Å². The van der Waals surface area contributed by atoms with Gasteiger partial charge in [0.05, 0.1) is 36.9 Å². The van der Waals surface area contributed by atoms with E-state index in [-0.39, 0.29) is 5.75 Å². The zero-order valence-corrected chi connectivity index (χ0v) is 15.5. The van der Waals surface area contributed by atoms with Crippen molar-refractivity contribution >= 4 is 17.7 Å². The third kappa shape index (κ3) is 4.76. The topological polar surface area (TPSA) is 220 Å². The average Bonchev–Trinajstić information content (AvgIpc) is 3.17. The lowest BCUT2D eigenvalue weighted by Gasteiger charge is -2.46. The molecule has 0 radical (unpaired) electrons. The van der Waals surface area contributed by atoms with E-state index < -0.39 is 85.3 Å². The van der Waals surface area contributed by atoms with Crippen LogP contribution in [0, 0.1) is 5.92 Å². The van der Waals surface area contributed by atoms with Crippen LogP contribution in [-0.2, 0) is 9.53 Å². The summed E-state index contributed by atoms with van der Waals surface area (Å²) < 4.78 is 5.34. The number of aliphatic hydroxyl groups excluding tert-OH is 8. The monoisotopic (exact) mass is 429 g/mol. The highest BCUT2D eigenvalue weighted by Gasteiger charge is 2.52. The number of rotatable bonds is 8. The predicted molar refractivity (Wildman–Crippen MR) is 93.2 cm³/mol. The molecule has 12 nitrogen and oxygen atoms in total. The first-order valence-electron chi connectivity index (χ1n) is 8.70. The molecule has 2 saturated heterocycles. The van der Waals surface area contributed by atoms with Gasteiger partial charge in [-0.25, -0.2) is 0 Å². The van der Waals surface area contributed by atoms with Crippen molar-refractivity contribution in [1.82, 2.24) is 5.32 Å². The van der Waals surface area contributed by atoms with Crippen molar-refractivity contribution in [1.29, 1.82) is 0 Å². The zero-order chi connectivity index (χ0) is 21.2. The molecule has 0 bridgehead atoms. The SMILES string of the molecule is O=C(O)[C@@H]1CS[C@@H]([C@H](O)[C@H](O)[C@H]([C@H]2O[C@H](CO)[C@H](O)[C@H](O)[C@H]2O)[C@@H](O)CO)N1. The Bertz CT molecular complexity index is 526. The maximum Gasteiger partial charge on any atom is 0.321 e. The van der Waals surface area contributed by atoms with Crippen molar-refractivity contribution in [2.24, 2.45) is 5.92 Å². The highest BCUT2D eigenvalue weighted by atomic mass is 32.2. The molecule has 28 heavy (non-hydrogen) atoms. The van der Waals surface area contributed by atoms with Gasteiger partial charge in [-0.05, 0) is 0 Å². The molecule has 0 spiro atoms. The quantitative estimate of drug-likeness (QED) is 0.174. The van der Waals surface area contributed by atoms with Crippen LogP contribution in [0.25, 0.3) is 0 Å². The van der Waals surface area contributed by atoms with E-state index in [0.29, 0.717) is 0 Å². The summed E-state index contributed by atoms with van der Waals surface area (Å²) in [5.41, 5.74) is 0. The van der Waals surface area contributed by atoms with E-state index in [2.05, 4.69) is 5.32 Å². The fourth-order valence-corrected chi connectivity index (χ4v) is 4.71. The minimum absolute atomic E-state index is 0.122. The van der Waals surface area contributed by atoms with E-state index in [0.717, 1.165) is 11.8 Å². The molecule has 0 aliphatic carbocycles. The fourth-order valence-electron chi connectivity index (χ4n) is 3.45. The predicted octanol–water partition coefficient (Wildman–Crippen LogP) is -5.36. The van der Waals surface area contributed by atoms with Gasteiger partial charge in [-0.2, -0.15) is 0 Å². The van der Waals surface area contributed by atoms with Crippen LogP contribution >= 0.6 is 11.8 Å². The standard InChI is InChI=1S/C15H27NO11S/c17-1-5(19)7(13-11(23)10(22)8(20)6(2-18)27-13)9(21)12(24)14-16-4(3-28-14)15(25)26/h4-14,16-24H,1-3H2,(H,25,26)/t4-,5-,6+,7+,8-,9+,10-,11+,12+,13+,14-/m0/s1. The van der Waals surface area contributed by atoms with E-state index in [1.807, 2.05) is 0 Å². The van der Waals surface area contributed by atoms with Crippen molar-refractivity contribution in [3.8, 4) is 0 Å². The van der Waals surface area contributed by atoms with Crippen molar-refractivity contribution in [2.75, 3.05) is 19.0 Å². The Kier molecular flexibility index (Phi) is 8.42. The molecule has 0 unspecified atom stereocenters. The maximum absolute atomic E-state index is 11.0. The van der Waals surface area contributed by atoms with Crippen LogP contribution in [0.5, 0.6) is 0 Å². The molecule has 0 aromatic heterocycles. The third-order valence-electron chi connectivity index (χ3n) is 5.10. The Hall–Kier alpha value is -0.580. The van der Waals surface area contributed by atoms with Gasteiger partial charge in [-0.15, -0.1) is 11.8 Å². The van der Waals surface area contributed by atoms with Crippen LogP contribution in [-0.4, -0.2) is 131 Å². The number of hydrogen-bond donors (Lipinski definition) is 10. The van der Waals surface area contributed by atoms with Gasteiger partial charge in [0.25, 0.3) is 0 Å². The number of aliphatic carboxylic acids is 1. The largest absolute Gasteiger partial charge is 0.480 e. The van der Waals surface area contributed by atoms with Crippen LogP contribution in [0.3, 0.4) is 0 Å². The lowest BCUT2D eigenvalue weighted by molar-refractivity contribution is -0.261. The highest BCUT2D eigenvalue weighted by Crippen LogP contribution is 2.33. The summed E-state index contributed by atoms with van der Waals surface area (Å²) in [6, 6.07) is -0.953. The number of thioether (sulfide) groups is 1. The number of carboxylic acids is 1. The molecule has 2 aliphatic rings. The van der Waals surface area contributed by atoms with Gasteiger partial charge in [0.1, 0.15) is 36.6 Å². The number of aliphatic hydroxyl groups is 8. The zero-order valence-electron chi connectivity index (χ0n) is 14.7. The summed E-state index contributed by atoms with van der Waals surface area (Å²) in [5.74, 6) is -2.55. The van der Waals surface area contributed by atoms with Crippen molar-refractivity contribution in [3.63, 3.8) is 0 Å². The van der Waals surface area contributed by atoms with Gasteiger partial charge in [-0.3, -0.25) is 10.1 Å². The maximum atomic E-state index is 11.0. The first-order chi connectivity index (χ1) is 13.1. The molecule has 2 aliphatic heterocycles. The Morgan fingerprint density at radius 3 is 2.25 bits per heavy atom. The second kappa shape index (κ2) is 9.95. The van der Waals surface area contributed by atoms with Gasteiger partial charge in [0, 0.05) is 11.7 Å². The third-order valence-corrected chi connectivity index (χ3v) is 6.40. The summed E-state index contributed by atoms with van der Waals surface area (Å²) in [7, 11) is 0. The first kappa shape index (κ1) is 23.7. The second-order valence-corrected chi connectivity index (χ2v) is 8.09. The minimum Gasteiger partial charge on any atom is -0.480 e. The van der Waals surface area contributed by atoms with Crippen molar-refractivity contribution in [3.05, 3.63) is 0 Å². The molecule has 0 aromatic rings. The summed E-state index contributed by atoms with van der Waals surface area (Å²) in [6.45, 7) is -1.62. The summed E-state index contributed by atoms with van der Waals surface area (Å²) in [6.07, 6.45) is -13.2.